The molecule has 90 valence electrons. The van der Waals surface area contributed by atoms with E-state index in [1.165, 1.54) is 10.4 Å². The van der Waals surface area contributed by atoms with E-state index in [-0.39, 0.29) is 6.04 Å². The zero-order valence-electron chi connectivity index (χ0n) is 9.71. The van der Waals surface area contributed by atoms with E-state index in [0.717, 1.165) is 24.4 Å². The number of hydrogen-bond acceptors (Lipinski definition) is 4. The summed E-state index contributed by atoms with van der Waals surface area (Å²) in [6.45, 7) is 1.000. The number of pyridine rings is 1. The minimum atomic E-state index is 0.164. The summed E-state index contributed by atoms with van der Waals surface area (Å²) in [6.07, 6.45) is 3.13. The lowest BCUT2D eigenvalue weighted by Crippen LogP contribution is -2.30. The molecule has 1 N–H and O–H groups in total. The Labute approximate surface area is 108 Å². The van der Waals surface area contributed by atoms with E-state index in [2.05, 4.69) is 31.4 Å². The molecule has 0 aliphatic carbocycles. The third kappa shape index (κ3) is 1.41. The monoisotopic (exact) mass is 256 g/mol. The first-order valence-corrected chi connectivity index (χ1v) is 6.91. The van der Waals surface area contributed by atoms with Gasteiger partial charge >= 0.3 is 0 Å². The van der Waals surface area contributed by atoms with Crippen molar-refractivity contribution in [1.82, 2.24) is 19.9 Å². The second-order valence-electron chi connectivity index (χ2n) is 4.42. The quantitative estimate of drug-likeness (QED) is 0.724. The second-order valence-corrected chi connectivity index (χ2v) is 5.42. The summed E-state index contributed by atoms with van der Waals surface area (Å²) in [7, 11) is 0. The number of fused-ring (bicyclic) bond motifs is 2. The van der Waals surface area contributed by atoms with Crippen molar-refractivity contribution in [3.63, 3.8) is 0 Å². The fraction of sp³-hybridized carbons (Fsp3) is 0.231. The summed E-state index contributed by atoms with van der Waals surface area (Å²) in [5.41, 5.74) is 2.25. The molecule has 5 heteroatoms. The van der Waals surface area contributed by atoms with E-state index in [4.69, 9.17) is 0 Å². The van der Waals surface area contributed by atoms with E-state index in [0.29, 0.717) is 0 Å². The summed E-state index contributed by atoms with van der Waals surface area (Å²) < 4.78 is 2.06. The highest BCUT2D eigenvalue weighted by molar-refractivity contribution is 7.10. The van der Waals surface area contributed by atoms with Crippen LogP contribution >= 0.6 is 11.3 Å². The number of thiophene rings is 1. The van der Waals surface area contributed by atoms with Gasteiger partial charge in [-0.05, 0) is 35.6 Å². The van der Waals surface area contributed by atoms with Gasteiger partial charge in [-0.3, -0.25) is 4.40 Å². The standard InChI is InChI=1S/C13H12N4S/c1-2-7-17-11(3-1)15-16-13(17)12-9-5-8-18-10(9)4-6-14-12/h1-3,5,7-8,12,14H,4,6H2. The minimum absolute atomic E-state index is 0.164. The van der Waals surface area contributed by atoms with Gasteiger partial charge in [0.05, 0.1) is 6.04 Å². The number of nitrogens with one attached hydrogen (secondary N) is 1. The molecule has 0 saturated carbocycles. The van der Waals surface area contributed by atoms with Crippen molar-refractivity contribution in [3.8, 4) is 0 Å². The minimum Gasteiger partial charge on any atom is -0.303 e. The molecule has 18 heavy (non-hydrogen) atoms. The van der Waals surface area contributed by atoms with Crippen LogP contribution in [0.2, 0.25) is 0 Å². The molecular formula is C13H12N4S. The van der Waals surface area contributed by atoms with Crippen LogP contribution in [0.4, 0.5) is 0 Å². The van der Waals surface area contributed by atoms with Gasteiger partial charge in [0.25, 0.3) is 0 Å². The maximum atomic E-state index is 4.35. The van der Waals surface area contributed by atoms with Crippen molar-refractivity contribution in [3.05, 3.63) is 52.1 Å². The first-order chi connectivity index (χ1) is 8.93. The molecule has 1 aliphatic heterocycles. The maximum absolute atomic E-state index is 4.35. The van der Waals surface area contributed by atoms with Crippen LogP contribution in [0.15, 0.2) is 35.8 Å². The molecule has 4 heterocycles. The van der Waals surface area contributed by atoms with E-state index in [9.17, 15) is 0 Å². The smallest absolute Gasteiger partial charge is 0.160 e. The molecule has 0 amide bonds. The zero-order valence-corrected chi connectivity index (χ0v) is 10.5. The second kappa shape index (κ2) is 3.90. The summed E-state index contributed by atoms with van der Waals surface area (Å²) >= 11 is 1.83. The van der Waals surface area contributed by atoms with Crippen LogP contribution in [0, 0.1) is 0 Å². The first-order valence-electron chi connectivity index (χ1n) is 6.03. The lowest BCUT2D eigenvalue weighted by atomic mass is 10.0. The van der Waals surface area contributed by atoms with E-state index in [1.807, 2.05) is 35.7 Å². The summed E-state index contributed by atoms with van der Waals surface area (Å²) in [4.78, 5) is 1.46. The van der Waals surface area contributed by atoms with Crippen molar-refractivity contribution in [2.45, 2.75) is 12.5 Å². The average Bonchev–Trinajstić information content (AvgIpc) is 3.05. The molecule has 0 aromatic carbocycles. The van der Waals surface area contributed by atoms with E-state index < -0.39 is 0 Å². The molecule has 0 bridgehead atoms. The highest BCUT2D eigenvalue weighted by Gasteiger charge is 2.25. The maximum Gasteiger partial charge on any atom is 0.160 e. The van der Waals surface area contributed by atoms with Gasteiger partial charge in [0.2, 0.25) is 0 Å². The van der Waals surface area contributed by atoms with Gasteiger partial charge in [-0.25, -0.2) is 0 Å². The third-order valence-electron chi connectivity index (χ3n) is 3.39. The molecule has 0 saturated heterocycles. The Morgan fingerprint density at radius 2 is 2.28 bits per heavy atom. The molecule has 1 atom stereocenters. The van der Waals surface area contributed by atoms with Crippen LogP contribution in [-0.4, -0.2) is 21.1 Å². The Bertz CT molecular complexity index is 700. The predicted octanol–water partition coefficient (Wildman–Crippen LogP) is 2.03. The Morgan fingerprint density at radius 1 is 1.28 bits per heavy atom. The summed E-state index contributed by atoms with van der Waals surface area (Å²) in [5, 5.41) is 14.3. The Kier molecular flexibility index (Phi) is 2.21. The SMILES string of the molecule is c1ccn2c(C3NCCc4sccc43)nnc2c1. The van der Waals surface area contributed by atoms with Crippen LogP contribution in [-0.2, 0) is 6.42 Å². The molecular weight excluding hydrogens is 244 g/mol. The predicted molar refractivity (Wildman–Crippen MR) is 70.9 cm³/mol. The normalized spacial score (nSPS) is 19.0. The zero-order chi connectivity index (χ0) is 11.9. The molecule has 0 fully saturated rings. The van der Waals surface area contributed by atoms with E-state index >= 15 is 0 Å². The third-order valence-corrected chi connectivity index (χ3v) is 4.39. The molecule has 4 rings (SSSR count). The van der Waals surface area contributed by atoms with Gasteiger partial charge in [-0.15, -0.1) is 21.5 Å². The highest BCUT2D eigenvalue weighted by Crippen LogP contribution is 2.31. The van der Waals surface area contributed by atoms with Crippen LogP contribution in [0.1, 0.15) is 22.3 Å². The van der Waals surface area contributed by atoms with Gasteiger partial charge in [-0.1, -0.05) is 6.07 Å². The van der Waals surface area contributed by atoms with Gasteiger partial charge in [0.15, 0.2) is 11.5 Å². The number of aromatic nitrogens is 3. The van der Waals surface area contributed by atoms with Crippen LogP contribution < -0.4 is 5.32 Å². The first kappa shape index (κ1) is 10.2. The molecule has 0 spiro atoms. The van der Waals surface area contributed by atoms with E-state index in [1.54, 1.807) is 0 Å². The van der Waals surface area contributed by atoms with Crippen LogP contribution in [0.5, 0.6) is 0 Å². The van der Waals surface area contributed by atoms with Gasteiger partial charge in [-0.2, -0.15) is 0 Å². The number of rotatable bonds is 1. The van der Waals surface area contributed by atoms with Crippen molar-refractivity contribution >= 4 is 17.0 Å². The molecule has 0 radical (unpaired) electrons. The summed E-state index contributed by atoms with van der Waals surface area (Å²) in [6, 6.07) is 8.33. The van der Waals surface area contributed by atoms with Crippen LogP contribution in [0.25, 0.3) is 5.65 Å². The molecule has 3 aromatic rings. The molecule has 3 aromatic heterocycles. The number of hydrogen-bond donors (Lipinski definition) is 1. The fourth-order valence-electron chi connectivity index (χ4n) is 2.54. The fourth-order valence-corrected chi connectivity index (χ4v) is 3.46. The van der Waals surface area contributed by atoms with Gasteiger partial charge in [0.1, 0.15) is 0 Å². The largest absolute Gasteiger partial charge is 0.303 e. The topological polar surface area (TPSA) is 42.2 Å². The Morgan fingerprint density at radius 3 is 3.28 bits per heavy atom. The van der Waals surface area contributed by atoms with Crippen molar-refractivity contribution in [1.29, 1.82) is 0 Å². The van der Waals surface area contributed by atoms with Crippen molar-refractivity contribution in [2.24, 2.45) is 0 Å². The van der Waals surface area contributed by atoms with Gasteiger partial charge < -0.3 is 5.32 Å². The Balaban J connectivity index is 1.90. The average molecular weight is 256 g/mol. The number of nitrogens with zero attached hydrogens (tertiary/aromatic N) is 3. The molecule has 1 aliphatic rings. The lowest BCUT2D eigenvalue weighted by molar-refractivity contribution is 0.546. The molecule has 1 unspecified atom stereocenters. The highest BCUT2D eigenvalue weighted by atomic mass is 32.1. The summed E-state index contributed by atoms with van der Waals surface area (Å²) in [5.74, 6) is 0.977. The van der Waals surface area contributed by atoms with Crippen molar-refractivity contribution in [2.75, 3.05) is 6.54 Å². The van der Waals surface area contributed by atoms with Crippen LogP contribution in [0.3, 0.4) is 0 Å². The Hall–Kier alpha value is -1.72. The van der Waals surface area contributed by atoms with Crippen molar-refractivity contribution < 1.29 is 0 Å². The lowest BCUT2D eigenvalue weighted by Gasteiger charge is -2.22. The molecule has 4 nitrogen and oxygen atoms in total. The van der Waals surface area contributed by atoms with Gasteiger partial charge in [0, 0.05) is 17.6 Å².